The Balaban J connectivity index is 1.59. The molecule has 0 radical (unpaired) electrons. The van der Waals surface area contributed by atoms with Gasteiger partial charge in [-0.25, -0.2) is 4.39 Å². The molecule has 3 heteroatoms. The fraction of sp³-hybridized carbons (Fsp3) is 0.667. The molecular formula is C18H24FNO. The van der Waals surface area contributed by atoms with Gasteiger partial charge in [-0.05, 0) is 73.1 Å². The van der Waals surface area contributed by atoms with E-state index in [1.165, 1.54) is 26.4 Å². The molecule has 5 unspecified atom stereocenters. The number of hydrogen-bond donors (Lipinski definition) is 1. The summed E-state index contributed by atoms with van der Waals surface area (Å²) in [5.41, 5.74) is 1.09. The standard InChI is InChI=1S/C18H24FNO/c1-3-20-18(12-6-7-14(21-2)13(19)9-12)17-15-10-4-5-11(8-10)16(15)17/h6-7,9-11,15-18,20H,3-5,8H2,1-2H3. The largest absolute Gasteiger partial charge is 0.494 e. The predicted octanol–water partition coefficient (Wildman–Crippen LogP) is 3.78. The van der Waals surface area contributed by atoms with E-state index in [1.807, 2.05) is 6.07 Å². The molecule has 0 spiro atoms. The van der Waals surface area contributed by atoms with Crippen LogP contribution < -0.4 is 10.1 Å². The van der Waals surface area contributed by atoms with Gasteiger partial charge in [0.15, 0.2) is 11.6 Å². The Morgan fingerprint density at radius 1 is 1.29 bits per heavy atom. The average molecular weight is 289 g/mol. The molecule has 3 aliphatic carbocycles. The molecule has 5 atom stereocenters. The van der Waals surface area contributed by atoms with Crippen molar-refractivity contribution in [2.75, 3.05) is 13.7 Å². The van der Waals surface area contributed by atoms with E-state index in [-0.39, 0.29) is 5.82 Å². The zero-order chi connectivity index (χ0) is 14.6. The maximum absolute atomic E-state index is 14.0. The zero-order valence-electron chi connectivity index (χ0n) is 12.8. The summed E-state index contributed by atoms with van der Waals surface area (Å²) in [6.07, 6.45) is 4.32. The summed E-state index contributed by atoms with van der Waals surface area (Å²) >= 11 is 0. The van der Waals surface area contributed by atoms with Gasteiger partial charge in [0, 0.05) is 6.04 Å². The molecular weight excluding hydrogens is 265 g/mol. The Hall–Kier alpha value is -1.09. The summed E-state index contributed by atoms with van der Waals surface area (Å²) in [6, 6.07) is 5.78. The van der Waals surface area contributed by atoms with E-state index < -0.39 is 0 Å². The second-order valence-corrected chi connectivity index (χ2v) is 6.99. The lowest BCUT2D eigenvalue weighted by atomic mass is 9.92. The summed E-state index contributed by atoms with van der Waals surface area (Å²) in [5, 5.41) is 3.62. The van der Waals surface area contributed by atoms with Crippen molar-refractivity contribution in [3.05, 3.63) is 29.6 Å². The van der Waals surface area contributed by atoms with Crippen molar-refractivity contribution in [3.8, 4) is 5.75 Å². The maximum atomic E-state index is 14.0. The van der Waals surface area contributed by atoms with Gasteiger partial charge in [0.05, 0.1) is 7.11 Å². The van der Waals surface area contributed by atoms with Crippen LogP contribution in [0.25, 0.3) is 0 Å². The molecule has 0 aromatic heterocycles. The lowest BCUT2D eigenvalue weighted by molar-refractivity contribution is 0.368. The highest BCUT2D eigenvalue weighted by Crippen LogP contribution is 2.72. The quantitative estimate of drug-likeness (QED) is 0.890. The fourth-order valence-electron chi connectivity index (χ4n) is 5.41. The number of hydrogen-bond acceptors (Lipinski definition) is 2. The number of ether oxygens (including phenoxy) is 1. The van der Waals surface area contributed by atoms with Crippen LogP contribution in [0.15, 0.2) is 18.2 Å². The van der Waals surface area contributed by atoms with Gasteiger partial charge in [0.25, 0.3) is 0 Å². The molecule has 4 rings (SSSR count). The van der Waals surface area contributed by atoms with Crippen molar-refractivity contribution >= 4 is 0 Å². The van der Waals surface area contributed by atoms with Gasteiger partial charge >= 0.3 is 0 Å². The van der Waals surface area contributed by atoms with E-state index in [0.29, 0.717) is 11.8 Å². The SMILES string of the molecule is CCNC(c1ccc(OC)c(F)c1)C1C2C3CCC(C3)C21. The van der Waals surface area contributed by atoms with Gasteiger partial charge in [0.1, 0.15) is 0 Å². The van der Waals surface area contributed by atoms with Crippen LogP contribution in [0, 0.1) is 35.4 Å². The van der Waals surface area contributed by atoms with Crippen LogP contribution in [0.1, 0.15) is 37.8 Å². The van der Waals surface area contributed by atoms with Crippen LogP contribution >= 0.6 is 0 Å². The second kappa shape index (κ2) is 4.98. The van der Waals surface area contributed by atoms with Crippen LogP contribution in [-0.2, 0) is 0 Å². The third-order valence-electron chi connectivity index (χ3n) is 6.14. The average Bonchev–Trinajstić information content (AvgIpc) is 2.89. The monoisotopic (exact) mass is 289 g/mol. The molecule has 0 amide bonds. The first-order chi connectivity index (χ1) is 10.2. The molecule has 1 aromatic rings. The number of methoxy groups -OCH3 is 1. The van der Waals surface area contributed by atoms with E-state index in [0.717, 1.165) is 41.7 Å². The van der Waals surface area contributed by atoms with Gasteiger partial charge < -0.3 is 10.1 Å². The van der Waals surface area contributed by atoms with Crippen molar-refractivity contribution in [1.82, 2.24) is 5.32 Å². The predicted molar refractivity (Wildman–Crippen MR) is 80.7 cm³/mol. The first-order valence-corrected chi connectivity index (χ1v) is 8.31. The molecule has 2 nitrogen and oxygen atoms in total. The van der Waals surface area contributed by atoms with Crippen LogP contribution in [0.4, 0.5) is 4.39 Å². The molecule has 3 saturated carbocycles. The van der Waals surface area contributed by atoms with Crippen LogP contribution in [-0.4, -0.2) is 13.7 Å². The molecule has 2 bridgehead atoms. The molecule has 0 aliphatic heterocycles. The van der Waals surface area contributed by atoms with Crippen LogP contribution in [0.5, 0.6) is 5.75 Å². The molecule has 3 aliphatic rings. The van der Waals surface area contributed by atoms with Gasteiger partial charge in [-0.15, -0.1) is 0 Å². The first-order valence-electron chi connectivity index (χ1n) is 8.31. The third kappa shape index (κ3) is 2.01. The first kappa shape index (κ1) is 13.6. The van der Waals surface area contributed by atoms with Gasteiger partial charge in [-0.1, -0.05) is 13.0 Å². The Morgan fingerprint density at radius 3 is 2.57 bits per heavy atom. The summed E-state index contributed by atoms with van der Waals surface area (Å²) < 4.78 is 19.1. The van der Waals surface area contributed by atoms with Crippen LogP contribution in [0.2, 0.25) is 0 Å². The maximum Gasteiger partial charge on any atom is 0.165 e. The number of fused-ring (bicyclic) bond motifs is 5. The Labute approximate surface area is 126 Å². The zero-order valence-corrected chi connectivity index (χ0v) is 12.8. The Kier molecular flexibility index (Phi) is 3.21. The number of rotatable bonds is 5. The highest BCUT2D eigenvalue weighted by molar-refractivity contribution is 5.33. The molecule has 3 fully saturated rings. The van der Waals surface area contributed by atoms with Gasteiger partial charge in [-0.3, -0.25) is 0 Å². The second-order valence-electron chi connectivity index (χ2n) is 6.99. The molecule has 114 valence electrons. The van der Waals surface area contributed by atoms with Gasteiger partial charge in [-0.2, -0.15) is 0 Å². The summed E-state index contributed by atoms with van der Waals surface area (Å²) in [6.45, 7) is 3.07. The lowest BCUT2D eigenvalue weighted by Gasteiger charge is -2.22. The van der Waals surface area contributed by atoms with E-state index in [9.17, 15) is 4.39 Å². The van der Waals surface area contributed by atoms with Crippen molar-refractivity contribution in [2.24, 2.45) is 29.6 Å². The molecule has 0 heterocycles. The molecule has 1 aromatic carbocycles. The summed E-state index contributed by atoms with van der Waals surface area (Å²) in [7, 11) is 1.52. The lowest BCUT2D eigenvalue weighted by Crippen LogP contribution is -2.25. The molecule has 21 heavy (non-hydrogen) atoms. The van der Waals surface area contributed by atoms with E-state index >= 15 is 0 Å². The smallest absolute Gasteiger partial charge is 0.165 e. The van der Waals surface area contributed by atoms with E-state index in [1.54, 1.807) is 12.1 Å². The third-order valence-corrected chi connectivity index (χ3v) is 6.14. The fourth-order valence-corrected chi connectivity index (χ4v) is 5.41. The molecule has 1 N–H and O–H groups in total. The number of nitrogens with one attached hydrogen (secondary N) is 1. The van der Waals surface area contributed by atoms with Crippen molar-refractivity contribution < 1.29 is 9.13 Å². The number of benzene rings is 1. The van der Waals surface area contributed by atoms with Crippen molar-refractivity contribution in [2.45, 2.75) is 32.2 Å². The molecule has 0 saturated heterocycles. The minimum Gasteiger partial charge on any atom is -0.494 e. The van der Waals surface area contributed by atoms with Crippen LogP contribution in [0.3, 0.4) is 0 Å². The van der Waals surface area contributed by atoms with E-state index in [4.69, 9.17) is 4.74 Å². The topological polar surface area (TPSA) is 21.3 Å². The number of halogens is 1. The summed E-state index contributed by atoms with van der Waals surface area (Å²) in [4.78, 5) is 0. The van der Waals surface area contributed by atoms with Gasteiger partial charge in [0.2, 0.25) is 0 Å². The van der Waals surface area contributed by atoms with E-state index in [2.05, 4.69) is 12.2 Å². The Bertz CT molecular complexity index is 530. The minimum absolute atomic E-state index is 0.244. The van der Waals surface area contributed by atoms with Crippen molar-refractivity contribution in [3.63, 3.8) is 0 Å². The minimum atomic E-state index is -0.244. The highest BCUT2D eigenvalue weighted by atomic mass is 19.1. The normalized spacial score (nSPS) is 37.4. The summed E-state index contributed by atoms with van der Waals surface area (Å²) in [5.74, 6) is 4.53. The van der Waals surface area contributed by atoms with Crippen molar-refractivity contribution in [1.29, 1.82) is 0 Å². The highest BCUT2D eigenvalue weighted by Gasteiger charge is 2.66. The Morgan fingerprint density at radius 2 is 2.00 bits per heavy atom.